The molecule has 0 spiro atoms. The zero-order valence-electron chi connectivity index (χ0n) is 12.9. The molecule has 9 nitrogen and oxygen atoms in total. The lowest BCUT2D eigenvalue weighted by Gasteiger charge is -2.33. The fraction of sp³-hybridized carbons (Fsp3) is 0.286. The van der Waals surface area contributed by atoms with Crippen LogP contribution in [0, 0.1) is 0 Å². The zero-order valence-corrected chi connectivity index (χ0v) is 14.5. The Balaban J connectivity index is 1.69. The second kappa shape index (κ2) is 6.86. The molecule has 0 aliphatic carbocycles. The van der Waals surface area contributed by atoms with E-state index in [2.05, 4.69) is 9.59 Å². The fourth-order valence-corrected chi connectivity index (χ4v) is 4.37. The number of amides is 1. The van der Waals surface area contributed by atoms with Crippen LogP contribution in [0.3, 0.4) is 0 Å². The summed E-state index contributed by atoms with van der Waals surface area (Å²) in [5.41, 5.74) is 0.0209. The second-order valence-corrected chi connectivity index (χ2v) is 8.03. The molecule has 0 radical (unpaired) electrons. The number of benzene rings is 1. The number of carboxylic acids is 1. The van der Waals surface area contributed by atoms with Gasteiger partial charge in [-0.3, -0.25) is 4.79 Å². The van der Waals surface area contributed by atoms with Gasteiger partial charge in [0.1, 0.15) is 4.88 Å². The average molecular weight is 382 g/mol. The van der Waals surface area contributed by atoms with Crippen molar-refractivity contribution >= 4 is 33.4 Å². The third-order valence-corrected chi connectivity index (χ3v) is 6.40. The molecule has 1 saturated heterocycles. The first kappa shape index (κ1) is 17.5. The monoisotopic (exact) mass is 382 g/mol. The van der Waals surface area contributed by atoms with Crippen LogP contribution >= 0.6 is 11.5 Å². The number of hydrogen-bond acceptors (Lipinski definition) is 7. The van der Waals surface area contributed by atoms with E-state index in [4.69, 9.17) is 5.11 Å². The lowest BCUT2D eigenvalue weighted by Crippen LogP contribution is -2.50. The molecule has 1 N–H and O–H groups in total. The van der Waals surface area contributed by atoms with Gasteiger partial charge in [-0.1, -0.05) is 4.49 Å². The number of aromatic carboxylic acids is 1. The molecule has 11 heteroatoms. The molecule has 3 rings (SSSR count). The number of aromatic nitrogens is 2. The van der Waals surface area contributed by atoms with Crippen LogP contribution in [-0.4, -0.2) is 70.4 Å². The van der Waals surface area contributed by atoms with Gasteiger partial charge < -0.3 is 10.0 Å². The smallest absolute Gasteiger partial charge is 0.335 e. The number of nitrogens with zero attached hydrogens (tertiary/aromatic N) is 4. The first-order valence-electron chi connectivity index (χ1n) is 7.30. The van der Waals surface area contributed by atoms with E-state index in [0.717, 1.165) is 11.5 Å². The summed E-state index contributed by atoms with van der Waals surface area (Å²) in [6.45, 7) is 0.869. The number of carbonyl (C=O) groups is 2. The van der Waals surface area contributed by atoms with Crippen molar-refractivity contribution in [1.82, 2.24) is 18.8 Å². The molecule has 2 heterocycles. The molecule has 1 aromatic heterocycles. The van der Waals surface area contributed by atoms with Gasteiger partial charge in [0, 0.05) is 26.2 Å². The highest BCUT2D eigenvalue weighted by Crippen LogP contribution is 2.19. The van der Waals surface area contributed by atoms with Crippen LogP contribution in [0.2, 0.25) is 0 Å². The van der Waals surface area contributed by atoms with Gasteiger partial charge in [0.25, 0.3) is 5.91 Å². The largest absolute Gasteiger partial charge is 0.478 e. The summed E-state index contributed by atoms with van der Waals surface area (Å²) in [5.74, 6) is -1.33. The van der Waals surface area contributed by atoms with Crippen LogP contribution in [0.5, 0.6) is 0 Å². The van der Waals surface area contributed by atoms with E-state index < -0.39 is 16.0 Å². The minimum atomic E-state index is -3.73. The first-order valence-corrected chi connectivity index (χ1v) is 9.51. The molecule has 132 valence electrons. The van der Waals surface area contributed by atoms with Crippen molar-refractivity contribution in [2.75, 3.05) is 26.2 Å². The molecule has 1 aliphatic heterocycles. The highest BCUT2D eigenvalue weighted by atomic mass is 32.2. The molecule has 25 heavy (non-hydrogen) atoms. The predicted octanol–water partition coefficient (Wildman–Crippen LogP) is 0.383. The molecule has 1 fully saturated rings. The third kappa shape index (κ3) is 3.52. The number of sulfonamides is 1. The minimum absolute atomic E-state index is 0.0209. The summed E-state index contributed by atoms with van der Waals surface area (Å²) >= 11 is 0.999. The Morgan fingerprint density at radius 1 is 1.08 bits per heavy atom. The van der Waals surface area contributed by atoms with Gasteiger partial charge in [-0.2, -0.15) is 4.31 Å². The molecular formula is C14H14N4O5S2. The van der Waals surface area contributed by atoms with Crippen molar-refractivity contribution in [3.63, 3.8) is 0 Å². The molecule has 2 aromatic rings. The summed E-state index contributed by atoms with van der Waals surface area (Å²) in [5, 5.41) is 12.5. The maximum absolute atomic E-state index is 12.6. The van der Waals surface area contributed by atoms with E-state index >= 15 is 0 Å². The molecule has 0 saturated carbocycles. The Morgan fingerprint density at radius 3 is 2.24 bits per heavy atom. The Bertz CT molecular complexity index is 872. The van der Waals surface area contributed by atoms with Gasteiger partial charge in [0.15, 0.2) is 0 Å². The number of piperazine rings is 1. The number of hydrogen-bond donors (Lipinski definition) is 1. The molecule has 1 aliphatic rings. The van der Waals surface area contributed by atoms with E-state index in [1.165, 1.54) is 34.8 Å². The van der Waals surface area contributed by atoms with Gasteiger partial charge in [0.2, 0.25) is 10.0 Å². The first-order chi connectivity index (χ1) is 11.9. The van der Waals surface area contributed by atoms with E-state index in [0.29, 0.717) is 4.88 Å². The normalized spacial score (nSPS) is 15.9. The van der Waals surface area contributed by atoms with Crippen LogP contribution in [0.1, 0.15) is 20.0 Å². The average Bonchev–Trinajstić information content (AvgIpc) is 3.16. The van der Waals surface area contributed by atoms with Gasteiger partial charge >= 0.3 is 5.97 Å². The predicted molar refractivity (Wildman–Crippen MR) is 88.0 cm³/mol. The highest BCUT2D eigenvalue weighted by Gasteiger charge is 2.31. The van der Waals surface area contributed by atoms with Crippen LogP contribution in [0.25, 0.3) is 0 Å². The van der Waals surface area contributed by atoms with Crippen molar-refractivity contribution in [1.29, 1.82) is 0 Å². The van der Waals surface area contributed by atoms with Crippen LogP contribution in [-0.2, 0) is 10.0 Å². The van der Waals surface area contributed by atoms with Crippen molar-refractivity contribution < 1.29 is 23.1 Å². The van der Waals surface area contributed by atoms with Crippen LogP contribution in [0.4, 0.5) is 0 Å². The molecular weight excluding hydrogens is 368 g/mol. The van der Waals surface area contributed by atoms with Gasteiger partial charge in [-0.15, -0.1) is 5.10 Å². The molecule has 0 bridgehead atoms. The lowest BCUT2D eigenvalue weighted by atomic mass is 10.2. The highest BCUT2D eigenvalue weighted by molar-refractivity contribution is 7.89. The minimum Gasteiger partial charge on any atom is -0.478 e. The molecule has 0 unspecified atom stereocenters. The summed E-state index contributed by atoms with van der Waals surface area (Å²) in [7, 11) is -3.73. The quantitative estimate of drug-likeness (QED) is 0.811. The summed E-state index contributed by atoms with van der Waals surface area (Å²) in [6, 6.07) is 5.07. The number of carboxylic acid groups (broad SMARTS) is 1. The Labute approximate surface area is 147 Å². The maximum Gasteiger partial charge on any atom is 0.335 e. The van der Waals surface area contributed by atoms with E-state index in [1.54, 1.807) is 4.90 Å². The van der Waals surface area contributed by atoms with E-state index in [1.807, 2.05) is 0 Å². The third-order valence-electron chi connectivity index (χ3n) is 3.84. The zero-order chi connectivity index (χ0) is 18.0. The van der Waals surface area contributed by atoms with Crippen molar-refractivity contribution in [3.8, 4) is 0 Å². The number of carbonyl (C=O) groups excluding carboxylic acids is 1. The lowest BCUT2D eigenvalue weighted by molar-refractivity contribution is 0.0691. The maximum atomic E-state index is 12.6. The van der Waals surface area contributed by atoms with Crippen LogP contribution in [0.15, 0.2) is 35.4 Å². The molecule has 1 amide bonds. The molecule has 1 aromatic carbocycles. The van der Waals surface area contributed by atoms with Gasteiger partial charge in [0.05, 0.1) is 16.7 Å². The SMILES string of the molecule is O=C(O)c1ccc(S(=O)(=O)N2CCN(C(=O)c3cnns3)CC2)cc1. The van der Waals surface area contributed by atoms with Crippen molar-refractivity contribution in [2.45, 2.75) is 4.90 Å². The molecule has 0 atom stereocenters. The Morgan fingerprint density at radius 2 is 1.72 bits per heavy atom. The topological polar surface area (TPSA) is 121 Å². The van der Waals surface area contributed by atoms with Gasteiger partial charge in [-0.05, 0) is 35.8 Å². The summed E-state index contributed by atoms with van der Waals surface area (Å²) in [6.07, 6.45) is 1.39. The standard InChI is InChI=1S/C14H14N4O5S2/c19-13(12-9-15-16-24-12)17-5-7-18(8-6-17)25(22,23)11-3-1-10(2-4-11)14(20)21/h1-4,9H,5-8H2,(H,20,21). The number of rotatable bonds is 4. The second-order valence-electron chi connectivity index (χ2n) is 5.31. The fourth-order valence-electron chi connectivity index (χ4n) is 2.47. The van der Waals surface area contributed by atoms with E-state index in [9.17, 15) is 18.0 Å². The Hall–Kier alpha value is -2.37. The van der Waals surface area contributed by atoms with Crippen LogP contribution < -0.4 is 0 Å². The van der Waals surface area contributed by atoms with Crippen molar-refractivity contribution in [2.24, 2.45) is 0 Å². The summed E-state index contributed by atoms with van der Waals surface area (Å²) in [4.78, 5) is 25.1. The van der Waals surface area contributed by atoms with E-state index in [-0.39, 0.29) is 42.5 Å². The summed E-state index contributed by atoms with van der Waals surface area (Å²) < 4.78 is 30.2. The Kier molecular flexibility index (Phi) is 4.79. The van der Waals surface area contributed by atoms with Gasteiger partial charge in [-0.25, -0.2) is 13.2 Å². The van der Waals surface area contributed by atoms with Crippen molar-refractivity contribution in [3.05, 3.63) is 40.9 Å².